The van der Waals surface area contributed by atoms with Crippen LogP contribution in [0.25, 0.3) is 0 Å². The minimum atomic E-state index is -0.421. The van der Waals surface area contributed by atoms with Gasteiger partial charge in [-0.2, -0.15) is 0 Å². The molecule has 0 spiro atoms. The fourth-order valence-electron chi connectivity index (χ4n) is 3.00. The Morgan fingerprint density at radius 2 is 2.00 bits per heavy atom. The highest BCUT2D eigenvalue weighted by Crippen LogP contribution is 2.27. The van der Waals surface area contributed by atoms with Crippen LogP contribution in [0.15, 0.2) is 35.3 Å². The van der Waals surface area contributed by atoms with Gasteiger partial charge in [0.15, 0.2) is 17.4 Å². The van der Waals surface area contributed by atoms with Crippen molar-refractivity contribution in [3.63, 3.8) is 0 Å². The molecule has 0 saturated carbocycles. The molecule has 1 saturated heterocycles. The molecule has 0 radical (unpaired) electrons. The molecular weight excluding hydrogens is 312 g/mol. The number of imide groups is 1. The first-order valence-electron chi connectivity index (χ1n) is 7.62. The van der Waals surface area contributed by atoms with E-state index in [2.05, 4.69) is 22.4 Å². The second-order valence-electron chi connectivity index (χ2n) is 5.66. The molecule has 2 atom stereocenters. The monoisotopic (exact) mass is 332 g/mol. The lowest BCUT2D eigenvalue weighted by Crippen LogP contribution is -2.63. The van der Waals surface area contributed by atoms with Crippen LogP contribution in [0, 0.1) is 0 Å². The summed E-state index contributed by atoms with van der Waals surface area (Å²) in [4.78, 5) is 32.1. The van der Waals surface area contributed by atoms with Crippen LogP contribution in [0.1, 0.15) is 12.0 Å². The van der Waals surface area contributed by atoms with Gasteiger partial charge in [0.1, 0.15) is 0 Å². The number of thioether (sulfide) groups is 1. The average Bonchev–Trinajstić information content (AvgIpc) is 2.93. The fraction of sp³-hybridized carbons (Fsp3) is 0.438. The van der Waals surface area contributed by atoms with Gasteiger partial charge in [-0.15, -0.1) is 0 Å². The lowest BCUT2D eigenvalue weighted by molar-refractivity contribution is -0.127. The molecule has 23 heavy (non-hydrogen) atoms. The molecule has 0 aliphatic carbocycles. The molecule has 2 unspecified atom stereocenters. The number of rotatable bonds is 4. The quantitative estimate of drug-likeness (QED) is 0.908. The second kappa shape index (κ2) is 6.62. The lowest BCUT2D eigenvalue weighted by Gasteiger charge is -2.36. The summed E-state index contributed by atoms with van der Waals surface area (Å²) in [6.45, 7) is 0.741. The number of aliphatic imine (C=N–C) groups is 1. The van der Waals surface area contributed by atoms with Gasteiger partial charge in [0.05, 0.1) is 0 Å². The molecule has 0 bridgehead atoms. The highest BCUT2D eigenvalue weighted by atomic mass is 32.2. The van der Waals surface area contributed by atoms with Gasteiger partial charge in [-0.3, -0.25) is 10.1 Å². The van der Waals surface area contributed by atoms with E-state index in [1.807, 2.05) is 29.4 Å². The van der Waals surface area contributed by atoms with Gasteiger partial charge in [0.2, 0.25) is 0 Å². The molecule has 3 amide bonds. The van der Waals surface area contributed by atoms with Crippen LogP contribution >= 0.6 is 11.8 Å². The summed E-state index contributed by atoms with van der Waals surface area (Å²) in [5, 5.41) is 3.23. The van der Waals surface area contributed by atoms with Gasteiger partial charge >= 0.3 is 6.03 Å². The normalized spacial score (nSPS) is 23.7. The number of carbonyl (C=O) groups excluding carboxylic acids is 2. The van der Waals surface area contributed by atoms with E-state index in [-0.39, 0.29) is 11.9 Å². The van der Waals surface area contributed by atoms with Crippen LogP contribution in [0.5, 0.6) is 0 Å². The molecule has 6 nitrogen and oxygen atoms in total. The Morgan fingerprint density at radius 1 is 1.26 bits per heavy atom. The Morgan fingerprint density at radius 3 is 2.70 bits per heavy atom. The number of benzene rings is 1. The number of nitrogens with one attached hydrogen (secondary N) is 1. The van der Waals surface area contributed by atoms with Crippen LogP contribution in [0.4, 0.5) is 4.79 Å². The highest BCUT2D eigenvalue weighted by Gasteiger charge is 2.48. The number of urea groups is 1. The van der Waals surface area contributed by atoms with Crippen LogP contribution in [-0.4, -0.2) is 59.0 Å². The number of amides is 3. The maximum Gasteiger partial charge on any atom is 0.325 e. The topological polar surface area (TPSA) is 65.0 Å². The van der Waals surface area contributed by atoms with Crippen molar-refractivity contribution in [3.05, 3.63) is 35.9 Å². The van der Waals surface area contributed by atoms with Crippen LogP contribution in [-0.2, 0) is 11.2 Å². The summed E-state index contributed by atoms with van der Waals surface area (Å²) in [6.07, 6.45) is 3.40. The van der Waals surface area contributed by atoms with Crippen LogP contribution in [0.3, 0.4) is 0 Å². The maximum absolute atomic E-state index is 12.3. The lowest BCUT2D eigenvalue weighted by atomic mass is 10.1. The number of aryl methyl sites for hydroxylation is 1. The molecule has 2 heterocycles. The molecule has 2 aliphatic rings. The Bertz CT molecular complexity index is 634. The Kier molecular flexibility index (Phi) is 4.56. The summed E-state index contributed by atoms with van der Waals surface area (Å²) in [7, 11) is 1.67. The van der Waals surface area contributed by atoms with E-state index < -0.39 is 12.2 Å². The summed E-state index contributed by atoms with van der Waals surface area (Å²) in [6, 6.07) is 9.48. The predicted molar refractivity (Wildman–Crippen MR) is 91.3 cm³/mol. The SMILES string of the molecule is CSC1=NC2C(C(=O)NC(=O)N2C)N1CCCc1ccccc1. The standard InChI is InChI=1S/C16H20N4O2S/c1-19-13-12(14(21)18-15(19)22)20(16(17-13)23-2)10-6-9-11-7-4-3-5-8-11/h3-5,7-8,12-13H,6,9-10H2,1-2H3,(H,18,21,22). The van der Waals surface area contributed by atoms with Crippen LogP contribution in [0.2, 0.25) is 0 Å². The molecule has 7 heteroatoms. The Hall–Kier alpha value is -2.02. The van der Waals surface area contributed by atoms with Gasteiger partial charge in [-0.05, 0) is 24.7 Å². The first kappa shape index (κ1) is 15.9. The minimum Gasteiger partial charge on any atom is -0.336 e. The number of hydrogen-bond donors (Lipinski definition) is 1. The van der Waals surface area contributed by atoms with Crippen molar-refractivity contribution in [2.75, 3.05) is 19.8 Å². The zero-order chi connectivity index (χ0) is 16.4. The van der Waals surface area contributed by atoms with Crippen LogP contribution < -0.4 is 5.32 Å². The number of nitrogens with zero attached hydrogens (tertiary/aromatic N) is 3. The smallest absolute Gasteiger partial charge is 0.325 e. The Balaban J connectivity index is 1.69. The summed E-state index contributed by atoms with van der Waals surface area (Å²) < 4.78 is 0. The number of amidine groups is 1. The van der Waals surface area contributed by atoms with Gasteiger partial charge in [-0.1, -0.05) is 42.1 Å². The molecule has 1 fully saturated rings. The zero-order valence-corrected chi connectivity index (χ0v) is 14.0. The largest absolute Gasteiger partial charge is 0.336 e. The molecule has 122 valence electrons. The molecule has 3 rings (SSSR count). The molecule has 1 aromatic rings. The molecular formula is C16H20N4O2S. The van der Waals surface area contributed by atoms with E-state index in [4.69, 9.17) is 0 Å². The number of hydrogen-bond acceptors (Lipinski definition) is 5. The summed E-state index contributed by atoms with van der Waals surface area (Å²) in [5.41, 5.74) is 1.28. The third-order valence-corrected chi connectivity index (χ3v) is 4.92. The van der Waals surface area contributed by atoms with Gasteiger partial charge in [0, 0.05) is 13.6 Å². The molecule has 1 N–H and O–H groups in total. The first-order chi connectivity index (χ1) is 11.1. The summed E-state index contributed by atoms with van der Waals surface area (Å²) in [5.74, 6) is -0.259. The van der Waals surface area contributed by atoms with E-state index >= 15 is 0 Å². The van der Waals surface area contributed by atoms with Crippen molar-refractivity contribution in [2.24, 2.45) is 4.99 Å². The minimum absolute atomic E-state index is 0.259. The van der Waals surface area contributed by atoms with E-state index in [1.54, 1.807) is 7.05 Å². The van der Waals surface area contributed by atoms with Crippen molar-refractivity contribution in [3.8, 4) is 0 Å². The van der Waals surface area contributed by atoms with Crippen molar-refractivity contribution in [1.29, 1.82) is 0 Å². The maximum atomic E-state index is 12.3. The number of likely N-dealkylation sites (N-methyl/N-ethyl adjacent to an activating group) is 1. The Labute approximate surface area is 139 Å². The van der Waals surface area contributed by atoms with E-state index in [0.29, 0.717) is 0 Å². The second-order valence-corrected chi connectivity index (χ2v) is 6.44. The van der Waals surface area contributed by atoms with Gasteiger partial charge in [-0.25, -0.2) is 9.79 Å². The number of carbonyl (C=O) groups is 2. The van der Waals surface area contributed by atoms with Gasteiger partial charge in [0.25, 0.3) is 5.91 Å². The summed E-state index contributed by atoms with van der Waals surface area (Å²) >= 11 is 1.52. The average molecular weight is 332 g/mol. The van der Waals surface area contributed by atoms with Crippen molar-refractivity contribution < 1.29 is 9.59 Å². The molecule has 0 aromatic heterocycles. The van der Waals surface area contributed by atoms with E-state index in [1.165, 1.54) is 22.2 Å². The van der Waals surface area contributed by atoms with E-state index in [0.717, 1.165) is 24.6 Å². The highest BCUT2D eigenvalue weighted by molar-refractivity contribution is 8.13. The van der Waals surface area contributed by atoms with Crippen molar-refractivity contribution in [2.45, 2.75) is 25.0 Å². The fourth-order valence-corrected chi connectivity index (χ4v) is 3.66. The predicted octanol–water partition coefficient (Wildman–Crippen LogP) is 1.53. The third kappa shape index (κ3) is 3.06. The molecule has 2 aliphatic heterocycles. The number of fused-ring (bicyclic) bond motifs is 1. The third-order valence-electron chi connectivity index (χ3n) is 4.21. The molecule has 1 aromatic carbocycles. The van der Waals surface area contributed by atoms with Crippen molar-refractivity contribution in [1.82, 2.24) is 15.1 Å². The van der Waals surface area contributed by atoms with Gasteiger partial charge < -0.3 is 9.80 Å². The first-order valence-corrected chi connectivity index (χ1v) is 8.84. The van der Waals surface area contributed by atoms with E-state index in [9.17, 15) is 9.59 Å². The zero-order valence-electron chi connectivity index (χ0n) is 13.2. The van der Waals surface area contributed by atoms with Crippen molar-refractivity contribution >= 4 is 28.9 Å².